The zero-order valence-electron chi connectivity index (χ0n) is 14.9. The Morgan fingerprint density at radius 1 is 1.04 bits per heavy atom. The van der Waals surface area contributed by atoms with Gasteiger partial charge < -0.3 is 10.1 Å². The predicted molar refractivity (Wildman–Crippen MR) is 104 cm³/mol. The van der Waals surface area contributed by atoms with E-state index in [1.165, 1.54) is 11.1 Å². The van der Waals surface area contributed by atoms with Gasteiger partial charge >= 0.3 is 0 Å². The molecule has 0 heterocycles. The molecule has 1 aliphatic rings. The summed E-state index contributed by atoms with van der Waals surface area (Å²) in [4.78, 5) is 12.7. The lowest BCUT2D eigenvalue weighted by Crippen LogP contribution is -2.39. The molecule has 1 N–H and O–H groups in total. The molecule has 0 bridgehead atoms. The van der Waals surface area contributed by atoms with Crippen LogP contribution >= 0.6 is 0 Å². The lowest BCUT2D eigenvalue weighted by molar-refractivity contribution is -0.128. The summed E-state index contributed by atoms with van der Waals surface area (Å²) in [7, 11) is 0. The van der Waals surface area contributed by atoms with Crippen LogP contribution in [0.25, 0.3) is 10.8 Å². The van der Waals surface area contributed by atoms with E-state index in [9.17, 15) is 4.79 Å². The molecule has 0 saturated heterocycles. The van der Waals surface area contributed by atoms with E-state index in [0.717, 1.165) is 35.8 Å². The summed E-state index contributed by atoms with van der Waals surface area (Å²) >= 11 is 0. The highest BCUT2D eigenvalue weighted by Gasteiger charge is 2.24. The van der Waals surface area contributed by atoms with Gasteiger partial charge in [-0.05, 0) is 60.2 Å². The summed E-state index contributed by atoms with van der Waals surface area (Å²) in [5.74, 6) is 0.648. The van der Waals surface area contributed by atoms with Crippen LogP contribution in [0.2, 0.25) is 0 Å². The minimum absolute atomic E-state index is 0.0696. The molecule has 0 saturated carbocycles. The molecule has 2 atom stereocenters. The number of aryl methyl sites for hydroxylation is 1. The summed E-state index contributed by atoms with van der Waals surface area (Å²) in [5, 5.41) is 5.44. The Hall–Kier alpha value is -2.81. The Kier molecular flexibility index (Phi) is 4.61. The summed E-state index contributed by atoms with van der Waals surface area (Å²) in [6.45, 7) is 1.80. The highest BCUT2D eigenvalue weighted by atomic mass is 16.5. The Balaban J connectivity index is 1.45. The van der Waals surface area contributed by atoms with E-state index < -0.39 is 6.10 Å². The Labute approximate surface area is 154 Å². The SMILES string of the molecule is C[C@@H](Oc1ccc2ccccc2c1)C(=O)N[C@@H]1CCCc2ccccc21. The maximum absolute atomic E-state index is 12.7. The zero-order chi connectivity index (χ0) is 17.9. The molecule has 0 spiro atoms. The fourth-order valence-corrected chi connectivity index (χ4v) is 3.69. The van der Waals surface area contributed by atoms with Crippen LogP contribution in [0.3, 0.4) is 0 Å². The Morgan fingerprint density at radius 3 is 2.69 bits per heavy atom. The number of rotatable bonds is 4. The number of nitrogens with one attached hydrogen (secondary N) is 1. The molecular formula is C23H23NO2. The summed E-state index contributed by atoms with van der Waals surface area (Å²) < 4.78 is 5.90. The van der Waals surface area contributed by atoms with Gasteiger partial charge in [-0.15, -0.1) is 0 Å². The van der Waals surface area contributed by atoms with E-state index in [-0.39, 0.29) is 11.9 Å². The summed E-state index contributed by atoms with van der Waals surface area (Å²) in [6.07, 6.45) is 2.63. The molecule has 3 aromatic carbocycles. The monoisotopic (exact) mass is 345 g/mol. The molecule has 4 rings (SSSR count). The van der Waals surface area contributed by atoms with E-state index in [1.807, 2.05) is 42.5 Å². The van der Waals surface area contributed by atoms with Gasteiger partial charge in [0.05, 0.1) is 6.04 Å². The first-order chi connectivity index (χ1) is 12.7. The van der Waals surface area contributed by atoms with E-state index in [2.05, 4.69) is 29.6 Å². The molecule has 0 aromatic heterocycles. The molecule has 132 valence electrons. The summed E-state index contributed by atoms with van der Waals surface area (Å²) in [5.41, 5.74) is 2.58. The standard InChI is InChI=1S/C23H23NO2/c1-16(26-20-14-13-17-7-2-3-9-19(17)15-20)23(25)24-22-12-6-10-18-8-4-5-11-21(18)22/h2-5,7-9,11,13-16,22H,6,10,12H2,1H3,(H,24,25)/t16-,22-/m1/s1. The van der Waals surface area contributed by atoms with E-state index in [0.29, 0.717) is 0 Å². The maximum Gasteiger partial charge on any atom is 0.261 e. The van der Waals surface area contributed by atoms with Crippen molar-refractivity contribution in [2.45, 2.75) is 38.3 Å². The smallest absolute Gasteiger partial charge is 0.261 e. The third-order valence-corrected chi connectivity index (χ3v) is 5.09. The van der Waals surface area contributed by atoms with E-state index in [4.69, 9.17) is 4.74 Å². The fourth-order valence-electron chi connectivity index (χ4n) is 3.69. The number of amides is 1. The van der Waals surface area contributed by atoms with Crippen LogP contribution in [0.4, 0.5) is 0 Å². The highest BCUT2D eigenvalue weighted by Crippen LogP contribution is 2.29. The van der Waals surface area contributed by atoms with Crippen LogP contribution in [0.15, 0.2) is 66.7 Å². The average Bonchev–Trinajstić information content (AvgIpc) is 2.68. The van der Waals surface area contributed by atoms with Crippen LogP contribution in [0.1, 0.15) is 36.9 Å². The van der Waals surface area contributed by atoms with Gasteiger partial charge in [0.15, 0.2) is 6.10 Å². The quantitative estimate of drug-likeness (QED) is 0.737. The van der Waals surface area contributed by atoms with Gasteiger partial charge in [-0.1, -0.05) is 54.6 Å². The van der Waals surface area contributed by atoms with Crippen molar-refractivity contribution in [1.82, 2.24) is 5.32 Å². The first kappa shape index (κ1) is 16.6. The second-order valence-electron chi connectivity index (χ2n) is 6.92. The number of ether oxygens (including phenoxy) is 1. The van der Waals surface area contributed by atoms with Crippen LogP contribution in [-0.2, 0) is 11.2 Å². The number of carbonyl (C=O) groups is 1. The van der Waals surface area contributed by atoms with Gasteiger partial charge in [-0.3, -0.25) is 4.79 Å². The topological polar surface area (TPSA) is 38.3 Å². The largest absolute Gasteiger partial charge is 0.481 e. The highest BCUT2D eigenvalue weighted by molar-refractivity contribution is 5.84. The molecule has 0 radical (unpaired) electrons. The Bertz CT molecular complexity index is 934. The van der Waals surface area contributed by atoms with Crippen molar-refractivity contribution in [3.63, 3.8) is 0 Å². The third kappa shape index (κ3) is 3.43. The first-order valence-corrected chi connectivity index (χ1v) is 9.24. The van der Waals surface area contributed by atoms with Crippen LogP contribution < -0.4 is 10.1 Å². The van der Waals surface area contributed by atoms with Gasteiger partial charge in [0.1, 0.15) is 5.75 Å². The normalized spacial score (nSPS) is 17.3. The summed E-state index contributed by atoms with van der Waals surface area (Å²) in [6, 6.07) is 22.5. The molecular weight excluding hydrogens is 322 g/mol. The molecule has 1 aliphatic carbocycles. The third-order valence-electron chi connectivity index (χ3n) is 5.09. The fraction of sp³-hybridized carbons (Fsp3) is 0.261. The van der Waals surface area contributed by atoms with Crippen molar-refractivity contribution in [1.29, 1.82) is 0 Å². The zero-order valence-corrected chi connectivity index (χ0v) is 14.9. The van der Waals surface area contributed by atoms with Gasteiger partial charge in [0.25, 0.3) is 5.91 Å². The number of benzene rings is 3. The second kappa shape index (κ2) is 7.20. The van der Waals surface area contributed by atoms with Gasteiger partial charge in [-0.2, -0.15) is 0 Å². The molecule has 3 aromatic rings. The van der Waals surface area contributed by atoms with Gasteiger partial charge in [0.2, 0.25) is 0 Å². The van der Waals surface area contributed by atoms with Crippen molar-refractivity contribution < 1.29 is 9.53 Å². The second-order valence-corrected chi connectivity index (χ2v) is 6.92. The number of hydrogen-bond acceptors (Lipinski definition) is 2. The number of hydrogen-bond donors (Lipinski definition) is 1. The molecule has 0 aliphatic heterocycles. The van der Waals surface area contributed by atoms with Gasteiger partial charge in [0, 0.05) is 0 Å². The molecule has 1 amide bonds. The molecule has 0 fully saturated rings. The number of fused-ring (bicyclic) bond motifs is 2. The molecule has 3 heteroatoms. The van der Waals surface area contributed by atoms with Gasteiger partial charge in [-0.25, -0.2) is 0 Å². The maximum atomic E-state index is 12.7. The van der Waals surface area contributed by atoms with Crippen LogP contribution in [-0.4, -0.2) is 12.0 Å². The van der Waals surface area contributed by atoms with Crippen molar-refractivity contribution in [3.8, 4) is 5.75 Å². The van der Waals surface area contributed by atoms with Crippen molar-refractivity contribution in [2.75, 3.05) is 0 Å². The lowest BCUT2D eigenvalue weighted by atomic mass is 9.87. The van der Waals surface area contributed by atoms with Crippen LogP contribution in [0.5, 0.6) is 5.75 Å². The Morgan fingerprint density at radius 2 is 1.81 bits per heavy atom. The van der Waals surface area contributed by atoms with Crippen LogP contribution in [0, 0.1) is 0 Å². The van der Waals surface area contributed by atoms with Crippen molar-refractivity contribution in [3.05, 3.63) is 77.9 Å². The molecule has 3 nitrogen and oxygen atoms in total. The van der Waals surface area contributed by atoms with Crippen molar-refractivity contribution >= 4 is 16.7 Å². The van der Waals surface area contributed by atoms with E-state index >= 15 is 0 Å². The first-order valence-electron chi connectivity index (χ1n) is 9.24. The molecule has 26 heavy (non-hydrogen) atoms. The molecule has 0 unspecified atom stereocenters. The van der Waals surface area contributed by atoms with E-state index in [1.54, 1.807) is 6.92 Å². The van der Waals surface area contributed by atoms with Crippen molar-refractivity contribution in [2.24, 2.45) is 0 Å². The predicted octanol–water partition coefficient (Wildman–Crippen LogP) is 4.80. The number of carbonyl (C=O) groups excluding carboxylic acids is 1. The lowest BCUT2D eigenvalue weighted by Gasteiger charge is -2.27. The average molecular weight is 345 g/mol. The minimum atomic E-state index is -0.537. The minimum Gasteiger partial charge on any atom is -0.481 e.